The van der Waals surface area contributed by atoms with E-state index in [9.17, 15) is 18.0 Å². The number of aliphatic carboxylic acids is 1. The maximum atomic E-state index is 12.3. The van der Waals surface area contributed by atoms with Gasteiger partial charge in [-0.3, -0.25) is 4.79 Å². The summed E-state index contributed by atoms with van der Waals surface area (Å²) in [6, 6.07) is 18.3. The van der Waals surface area contributed by atoms with E-state index >= 15 is 0 Å². The van der Waals surface area contributed by atoms with Crippen molar-refractivity contribution in [3.63, 3.8) is 0 Å². The van der Waals surface area contributed by atoms with E-state index in [2.05, 4.69) is 34.2 Å². The number of rotatable bonds is 8. The molecule has 2 atom stereocenters. The second-order valence-corrected chi connectivity index (χ2v) is 13.3. The van der Waals surface area contributed by atoms with Gasteiger partial charge in [-0.2, -0.15) is 4.99 Å². The Labute approximate surface area is 226 Å². The molecule has 2 unspecified atom stereocenters. The van der Waals surface area contributed by atoms with E-state index in [1.54, 1.807) is 0 Å². The molecule has 3 saturated heterocycles. The van der Waals surface area contributed by atoms with E-state index in [1.807, 2.05) is 35.2 Å². The number of amidine groups is 1. The molecule has 3 heterocycles. The molecule has 0 saturated carbocycles. The van der Waals surface area contributed by atoms with E-state index in [-0.39, 0.29) is 22.8 Å². The molecule has 1 amide bonds. The summed E-state index contributed by atoms with van der Waals surface area (Å²) in [6.07, 6.45) is 3.36. The third kappa shape index (κ3) is 6.39. The Kier molecular flexibility index (Phi) is 8.06. The number of anilines is 2. The highest BCUT2D eigenvalue weighted by atomic mass is 32.2. The van der Waals surface area contributed by atoms with Crippen LogP contribution < -0.4 is 9.80 Å². The molecule has 0 aromatic heterocycles. The first-order valence-electron chi connectivity index (χ1n) is 12.7. The van der Waals surface area contributed by atoms with Crippen LogP contribution in [0.15, 0.2) is 59.6 Å². The van der Waals surface area contributed by atoms with Crippen LogP contribution in [0.1, 0.15) is 18.4 Å². The maximum absolute atomic E-state index is 12.3. The molecule has 0 aliphatic carbocycles. The van der Waals surface area contributed by atoms with Crippen molar-refractivity contribution in [1.29, 1.82) is 0 Å². The number of nitrogens with zero attached hydrogens (tertiary/aromatic N) is 3. The third-order valence-electron chi connectivity index (χ3n) is 7.21. The SMILES string of the molecule is O=C(O)COCC(=O)N=C1SC2CS(=O)(=O)CC2N1c1ccc(N2CCC(Cc3ccccc3)CC2)cc1. The van der Waals surface area contributed by atoms with Crippen LogP contribution in [0.25, 0.3) is 0 Å². The highest BCUT2D eigenvalue weighted by Crippen LogP contribution is 2.41. The lowest BCUT2D eigenvalue weighted by Gasteiger charge is -2.34. The van der Waals surface area contributed by atoms with Crippen LogP contribution in [-0.2, 0) is 30.6 Å². The van der Waals surface area contributed by atoms with Crippen LogP contribution in [-0.4, -0.2) is 79.7 Å². The minimum Gasteiger partial charge on any atom is -0.480 e. The largest absolute Gasteiger partial charge is 0.480 e. The summed E-state index contributed by atoms with van der Waals surface area (Å²) >= 11 is 1.28. The Bertz CT molecular complexity index is 1290. The predicted octanol–water partition coefficient (Wildman–Crippen LogP) is 2.85. The average molecular weight is 558 g/mol. The van der Waals surface area contributed by atoms with Gasteiger partial charge < -0.3 is 19.6 Å². The fraction of sp³-hybridized carbons (Fsp3) is 0.444. The number of hydrogen-bond acceptors (Lipinski definition) is 7. The number of carbonyl (C=O) groups is 2. The van der Waals surface area contributed by atoms with Gasteiger partial charge in [0, 0.05) is 29.7 Å². The molecule has 1 N–H and O–H groups in total. The van der Waals surface area contributed by atoms with Crippen molar-refractivity contribution in [3.05, 3.63) is 60.2 Å². The normalized spacial score (nSPS) is 24.1. The summed E-state index contributed by atoms with van der Waals surface area (Å²) < 4.78 is 29.5. The zero-order chi connectivity index (χ0) is 26.7. The van der Waals surface area contributed by atoms with E-state index < -0.39 is 34.9 Å². The van der Waals surface area contributed by atoms with Crippen molar-refractivity contribution in [1.82, 2.24) is 0 Å². The summed E-state index contributed by atoms with van der Waals surface area (Å²) in [4.78, 5) is 31.4. The summed E-state index contributed by atoms with van der Waals surface area (Å²) in [6.45, 7) is 0.937. The molecule has 202 valence electrons. The lowest BCUT2D eigenvalue weighted by molar-refractivity contribution is -0.143. The minimum atomic E-state index is -3.18. The molecule has 3 aliphatic rings. The van der Waals surface area contributed by atoms with E-state index in [1.165, 1.54) is 17.3 Å². The van der Waals surface area contributed by atoms with Crippen molar-refractivity contribution in [2.24, 2.45) is 10.9 Å². The maximum Gasteiger partial charge on any atom is 0.329 e. The number of sulfone groups is 1. The molecule has 3 fully saturated rings. The van der Waals surface area contributed by atoms with Gasteiger partial charge in [0.25, 0.3) is 5.91 Å². The van der Waals surface area contributed by atoms with Crippen LogP contribution in [0.2, 0.25) is 0 Å². The lowest BCUT2D eigenvalue weighted by atomic mass is 9.90. The van der Waals surface area contributed by atoms with Gasteiger partial charge in [0.1, 0.15) is 13.2 Å². The molecule has 38 heavy (non-hydrogen) atoms. The molecule has 3 aliphatic heterocycles. The Morgan fingerprint density at radius 3 is 2.34 bits per heavy atom. The highest BCUT2D eigenvalue weighted by molar-refractivity contribution is 8.16. The Morgan fingerprint density at radius 1 is 0.974 bits per heavy atom. The molecular formula is C27H31N3O6S2. The van der Waals surface area contributed by atoms with Crippen molar-refractivity contribution in [3.8, 4) is 0 Å². The molecule has 2 aromatic carbocycles. The van der Waals surface area contributed by atoms with Crippen LogP contribution in [0, 0.1) is 5.92 Å². The number of carboxylic acid groups (broad SMARTS) is 1. The topological polar surface area (TPSA) is 117 Å². The monoisotopic (exact) mass is 557 g/mol. The summed E-state index contributed by atoms with van der Waals surface area (Å²) in [5.74, 6) is -1.05. The Morgan fingerprint density at radius 2 is 1.66 bits per heavy atom. The van der Waals surface area contributed by atoms with Gasteiger partial charge in [0.2, 0.25) is 0 Å². The number of benzene rings is 2. The quantitative estimate of drug-likeness (QED) is 0.523. The molecule has 0 spiro atoms. The average Bonchev–Trinajstić information content (AvgIpc) is 3.35. The van der Waals surface area contributed by atoms with Gasteiger partial charge in [0.15, 0.2) is 15.0 Å². The molecule has 0 bridgehead atoms. The number of aliphatic imine (C=N–C) groups is 1. The van der Waals surface area contributed by atoms with Crippen molar-refractivity contribution < 1.29 is 27.9 Å². The number of ether oxygens (including phenoxy) is 1. The first-order chi connectivity index (χ1) is 18.3. The van der Waals surface area contributed by atoms with E-state index in [0.29, 0.717) is 11.1 Å². The lowest BCUT2D eigenvalue weighted by Crippen LogP contribution is -2.38. The zero-order valence-electron chi connectivity index (χ0n) is 20.9. The molecule has 5 rings (SSSR count). The molecular weight excluding hydrogens is 526 g/mol. The molecule has 0 radical (unpaired) electrons. The van der Waals surface area contributed by atoms with Gasteiger partial charge in [-0.1, -0.05) is 42.1 Å². The summed E-state index contributed by atoms with van der Waals surface area (Å²) in [5, 5.41) is 8.92. The zero-order valence-corrected chi connectivity index (χ0v) is 22.6. The molecule has 11 heteroatoms. The predicted molar refractivity (Wildman–Crippen MR) is 149 cm³/mol. The second-order valence-electron chi connectivity index (χ2n) is 9.98. The van der Waals surface area contributed by atoms with Crippen LogP contribution in [0.5, 0.6) is 0 Å². The smallest absolute Gasteiger partial charge is 0.329 e. The number of amides is 1. The Hall–Kier alpha value is -2.89. The van der Waals surface area contributed by atoms with Crippen LogP contribution >= 0.6 is 11.8 Å². The minimum absolute atomic E-state index is 0.00404. The number of thioether (sulfide) groups is 1. The first kappa shape index (κ1) is 26.7. The summed E-state index contributed by atoms with van der Waals surface area (Å²) in [5.41, 5.74) is 3.28. The fourth-order valence-electron chi connectivity index (χ4n) is 5.40. The highest BCUT2D eigenvalue weighted by Gasteiger charge is 2.49. The van der Waals surface area contributed by atoms with Crippen molar-refractivity contribution in [2.45, 2.75) is 30.6 Å². The van der Waals surface area contributed by atoms with E-state index in [0.717, 1.165) is 43.7 Å². The van der Waals surface area contributed by atoms with Gasteiger partial charge in [0.05, 0.1) is 17.5 Å². The number of carboxylic acids is 1. The van der Waals surface area contributed by atoms with Crippen LogP contribution in [0.4, 0.5) is 11.4 Å². The standard InChI is InChI=1S/C27H31N3O6S2/c31-25(15-36-16-26(32)33)28-27-30(23-17-38(34,35)18-24(23)37-27)22-8-6-21(7-9-22)29-12-10-20(11-13-29)14-19-4-2-1-3-5-19/h1-9,20,23-24H,10-18H2,(H,32,33). The van der Waals surface area contributed by atoms with Gasteiger partial charge in [-0.25, -0.2) is 13.2 Å². The van der Waals surface area contributed by atoms with E-state index in [4.69, 9.17) is 9.84 Å². The Balaban J connectivity index is 1.26. The second kappa shape index (κ2) is 11.5. The number of carbonyl (C=O) groups excluding carboxylic acids is 1. The van der Waals surface area contributed by atoms with Crippen molar-refractivity contribution in [2.75, 3.05) is 47.6 Å². The summed E-state index contributed by atoms with van der Waals surface area (Å²) in [7, 11) is -3.18. The molecule has 9 nitrogen and oxygen atoms in total. The van der Waals surface area contributed by atoms with Gasteiger partial charge in [-0.05, 0) is 55.0 Å². The first-order valence-corrected chi connectivity index (χ1v) is 15.4. The number of hydrogen-bond donors (Lipinski definition) is 1. The van der Waals surface area contributed by atoms with Crippen LogP contribution in [0.3, 0.4) is 0 Å². The van der Waals surface area contributed by atoms with Gasteiger partial charge >= 0.3 is 5.97 Å². The molecule has 2 aromatic rings. The fourth-order valence-corrected chi connectivity index (χ4v) is 9.33. The third-order valence-corrected chi connectivity index (χ3v) is 10.4. The number of piperidine rings is 1. The van der Waals surface area contributed by atoms with Crippen molar-refractivity contribution >= 4 is 50.0 Å². The van der Waals surface area contributed by atoms with Gasteiger partial charge in [-0.15, -0.1) is 0 Å². The number of fused-ring (bicyclic) bond motifs is 1.